The first-order valence-electron chi connectivity index (χ1n) is 11.3. The molecule has 0 saturated heterocycles. The van der Waals surface area contributed by atoms with Crippen LogP contribution in [0.2, 0.25) is 10.0 Å². The Morgan fingerprint density at radius 1 is 1.09 bits per heavy atom. The monoisotopic (exact) mass is 483 g/mol. The van der Waals surface area contributed by atoms with Crippen LogP contribution in [0.3, 0.4) is 0 Å². The quantitative estimate of drug-likeness (QED) is 0.434. The molecule has 0 N–H and O–H groups in total. The minimum absolute atomic E-state index is 0.0127. The second-order valence-corrected chi connectivity index (χ2v) is 9.73. The third kappa shape index (κ3) is 4.92. The van der Waals surface area contributed by atoms with E-state index in [1.807, 2.05) is 63.2 Å². The van der Waals surface area contributed by atoms with E-state index < -0.39 is 11.8 Å². The highest BCUT2D eigenvalue weighted by Crippen LogP contribution is 2.47. The maximum atomic E-state index is 13.6. The molecule has 1 unspecified atom stereocenters. The number of esters is 1. The molecule has 1 aliphatic carbocycles. The summed E-state index contributed by atoms with van der Waals surface area (Å²) < 4.78 is 5.71. The van der Waals surface area contributed by atoms with Crippen LogP contribution in [-0.4, -0.2) is 23.6 Å². The number of ketones is 1. The van der Waals surface area contributed by atoms with Crippen molar-refractivity contribution in [1.82, 2.24) is 0 Å². The van der Waals surface area contributed by atoms with E-state index in [4.69, 9.17) is 32.9 Å². The van der Waals surface area contributed by atoms with Gasteiger partial charge < -0.3 is 4.74 Å². The molecule has 2 aromatic carbocycles. The summed E-state index contributed by atoms with van der Waals surface area (Å²) in [7, 11) is 0. The standard InChI is InChI=1S/C27H27Cl2NO3/c1-4-15(2)33-27(32)24-16(3)30-22-13-19(17-8-10-20(28)11-9-17)14-23(31)26(22)25(24)18-6-5-7-21(29)12-18/h5-12,15,19,24-25H,4,13-14H2,1-3H3/t15-,19-,24?,25+/m1/s1. The van der Waals surface area contributed by atoms with Crippen molar-refractivity contribution in [2.75, 3.05) is 0 Å². The molecule has 0 fully saturated rings. The average molecular weight is 484 g/mol. The van der Waals surface area contributed by atoms with E-state index in [0.717, 1.165) is 16.8 Å². The summed E-state index contributed by atoms with van der Waals surface area (Å²) in [5, 5.41) is 1.22. The van der Waals surface area contributed by atoms with Gasteiger partial charge in [-0.25, -0.2) is 0 Å². The van der Waals surface area contributed by atoms with Gasteiger partial charge >= 0.3 is 5.97 Å². The van der Waals surface area contributed by atoms with Crippen molar-refractivity contribution in [3.63, 3.8) is 0 Å². The third-order valence-electron chi connectivity index (χ3n) is 6.58. The van der Waals surface area contributed by atoms with Gasteiger partial charge in [0.15, 0.2) is 5.78 Å². The van der Waals surface area contributed by atoms with Crippen molar-refractivity contribution >= 4 is 40.7 Å². The van der Waals surface area contributed by atoms with Crippen LogP contribution in [0, 0.1) is 5.92 Å². The molecule has 2 aromatic rings. The first-order valence-corrected chi connectivity index (χ1v) is 12.1. The lowest BCUT2D eigenvalue weighted by Crippen LogP contribution is -2.39. The number of nitrogens with zero attached hydrogens (tertiary/aromatic N) is 1. The smallest absolute Gasteiger partial charge is 0.315 e. The number of allylic oxidation sites excluding steroid dienone is 2. The number of rotatable bonds is 5. The molecule has 4 atom stereocenters. The molecular formula is C27H27Cl2NO3. The summed E-state index contributed by atoms with van der Waals surface area (Å²) in [6, 6.07) is 15.0. The number of hydrogen-bond donors (Lipinski definition) is 0. The van der Waals surface area contributed by atoms with Gasteiger partial charge in [0, 0.05) is 39.4 Å². The molecule has 2 aliphatic rings. The lowest BCUT2D eigenvalue weighted by molar-refractivity contribution is -0.151. The Balaban J connectivity index is 1.78. The van der Waals surface area contributed by atoms with Crippen LogP contribution < -0.4 is 0 Å². The predicted octanol–water partition coefficient (Wildman–Crippen LogP) is 6.91. The Labute approximate surface area is 204 Å². The second kappa shape index (κ2) is 9.82. The first kappa shape index (κ1) is 23.7. The summed E-state index contributed by atoms with van der Waals surface area (Å²) >= 11 is 12.4. The highest BCUT2D eigenvalue weighted by molar-refractivity contribution is 6.31. The molecule has 1 heterocycles. The number of benzene rings is 2. The van der Waals surface area contributed by atoms with Gasteiger partial charge in [0.2, 0.25) is 0 Å². The summed E-state index contributed by atoms with van der Waals surface area (Å²) in [4.78, 5) is 31.6. The molecule has 33 heavy (non-hydrogen) atoms. The maximum Gasteiger partial charge on any atom is 0.315 e. The Kier molecular flexibility index (Phi) is 7.06. The zero-order valence-corrected chi connectivity index (χ0v) is 20.5. The molecule has 0 radical (unpaired) electrons. The lowest BCUT2D eigenvalue weighted by Gasteiger charge is -2.37. The molecule has 1 aliphatic heterocycles. The Bertz CT molecular complexity index is 1140. The van der Waals surface area contributed by atoms with Crippen LogP contribution in [0.15, 0.2) is 64.8 Å². The average Bonchev–Trinajstić information content (AvgIpc) is 2.78. The fourth-order valence-corrected chi connectivity index (χ4v) is 5.08. The van der Waals surface area contributed by atoms with Crippen LogP contribution in [0.25, 0.3) is 0 Å². The minimum atomic E-state index is -0.660. The van der Waals surface area contributed by atoms with Gasteiger partial charge in [-0.15, -0.1) is 0 Å². The number of halogens is 2. The predicted molar refractivity (Wildman–Crippen MR) is 132 cm³/mol. The molecular weight excluding hydrogens is 457 g/mol. The number of carbonyl (C=O) groups excluding carboxylic acids is 2. The number of hydrogen-bond acceptors (Lipinski definition) is 4. The Morgan fingerprint density at radius 3 is 2.48 bits per heavy atom. The van der Waals surface area contributed by atoms with Gasteiger partial charge in [0.05, 0.1) is 6.10 Å². The fourth-order valence-electron chi connectivity index (χ4n) is 4.75. The van der Waals surface area contributed by atoms with Crippen molar-refractivity contribution in [1.29, 1.82) is 0 Å². The van der Waals surface area contributed by atoms with E-state index >= 15 is 0 Å². The summed E-state index contributed by atoms with van der Waals surface area (Å²) in [6.45, 7) is 5.69. The van der Waals surface area contributed by atoms with E-state index in [0.29, 0.717) is 40.6 Å². The highest BCUT2D eigenvalue weighted by Gasteiger charge is 2.45. The van der Waals surface area contributed by atoms with Crippen LogP contribution in [0.1, 0.15) is 63.0 Å². The zero-order valence-electron chi connectivity index (χ0n) is 19.0. The van der Waals surface area contributed by atoms with Crippen molar-refractivity contribution < 1.29 is 14.3 Å². The molecule has 6 heteroatoms. The van der Waals surface area contributed by atoms with Gasteiger partial charge in [-0.3, -0.25) is 14.6 Å². The summed E-state index contributed by atoms with van der Waals surface area (Å²) in [6.07, 6.45) is 1.49. The molecule has 4 rings (SSSR count). The van der Waals surface area contributed by atoms with Gasteiger partial charge in [0.1, 0.15) is 5.92 Å². The van der Waals surface area contributed by atoms with Crippen LogP contribution >= 0.6 is 23.2 Å². The first-order chi connectivity index (χ1) is 15.8. The minimum Gasteiger partial charge on any atom is -0.462 e. The van der Waals surface area contributed by atoms with Gasteiger partial charge in [0.25, 0.3) is 0 Å². The Morgan fingerprint density at radius 2 is 1.82 bits per heavy atom. The van der Waals surface area contributed by atoms with Gasteiger partial charge in [-0.05, 0) is 68.0 Å². The molecule has 4 nitrogen and oxygen atoms in total. The van der Waals surface area contributed by atoms with Crippen LogP contribution in [-0.2, 0) is 14.3 Å². The van der Waals surface area contributed by atoms with Crippen LogP contribution in [0.5, 0.6) is 0 Å². The van der Waals surface area contributed by atoms with Crippen molar-refractivity contribution in [2.24, 2.45) is 10.9 Å². The second-order valence-electron chi connectivity index (χ2n) is 8.86. The highest BCUT2D eigenvalue weighted by atomic mass is 35.5. The number of aliphatic imine (C=N–C) groups is 1. The van der Waals surface area contributed by atoms with Gasteiger partial charge in [-0.2, -0.15) is 0 Å². The molecule has 0 saturated carbocycles. The topological polar surface area (TPSA) is 55.7 Å². The maximum absolute atomic E-state index is 13.6. The van der Waals surface area contributed by atoms with Crippen molar-refractivity contribution in [3.8, 4) is 0 Å². The third-order valence-corrected chi connectivity index (χ3v) is 7.07. The van der Waals surface area contributed by atoms with Gasteiger partial charge in [-0.1, -0.05) is 54.4 Å². The molecule has 0 amide bonds. The SMILES string of the molecule is CC[C@@H](C)OC(=O)C1C(C)=NC2=C(C(=O)C[C@H](c3ccc(Cl)cc3)C2)[C@H]1c1cccc(Cl)c1. The number of carbonyl (C=O) groups is 2. The Hall–Kier alpha value is -2.43. The van der Waals surface area contributed by atoms with Crippen molar-refractivity contribution in [3.05, 3.63) is 81.0 Å². The largest absolute Gasteiger partial charge is 0.462 e. The lowest BCUT2D eigenvalue weighted by atomic mass is 9.69. The van der Waals surface area contributed by atoms with E-state index in [1.165, 1.54) is 0 Å². The summed E-state index contributed by atoms with van der Waals surface area (Å²) in [5.41, 5.74) is 3.91. The zero-order chi connectivity index (χ0) is 23.7. The molecule has 172 valence electrons. The van der Waals surface area contributed by atoms with E-state index in [-0.39, 0.29) is 23.8 Å². The summed E-state index contributed by atoms with van der Waals surface area (Å²) in [5.74, 6) is -1.44. The molecule has 0 aromatic heterocycles. The van der Waals surface area contributed by atoms with Crippen molar-refractivity contribution in [2.45, 2.75) is 58.0 Å². The number of ether oxygens (including phenoxy) is 1. The fraction of sp³-hybridized carbons (Fsp3) is 0.370. The normalized spacial score (nSPS) is 23.6. The van der Waals surface area contributed by atoms with E-state index in [1.54, 1.807) is 6.07 Å². The van der Waals surface area contributed by atoms with E-state index in [9.17, 15) is 9.59 Å². The van der Waals surface area contributed by atoms with Crippen LogP contribution in [0.4, 0.5) is 0 Å². The molecule has 0 spiro atoms. The molecule has 0 bridgehead atoms. The van der Waals surface area contributed by atoms with E-state index in [2.05, 4.69) is 0 Å². The number of Topliss-reactive ketones (excluding diaryl/α,β-unsaturated/α-hetero) is 1.